The zero-order valence-corrected chi connectivity index (χ0v) is 13.4. The summed E-state index contributed by atoms with van der Waals surface area (Å²) in [6.45, 7) is 3.37. The Kier molecular flexibility index (Phi) is 5.96. The van der Waals surface area contributed by atoms with E-state index in [-0.39, 0.29) is 0 Å². The standard InChI is InChI=1S/C16H24IN/c1-13(15-6-4-2-3-5-7-15)18-12-14-8-10-16(17)11-9-14/h8-11,13,15,18H,2-7,12H2,1H3/t13-/m1/s1. The van der Waals surface area contributed by atoms with Crippen LogP contribution in [-0.2, 0) is 6.54 Å². The van der Waals surface area contributed by atoms with Gasteiger partial charge in [0.2, 0.25) is 0 Å². The summed E-state index contributed by atoms with van der Waals surface area (Å²) >= 11 is 2.36. The number of benzene rings is 1. The topological polar surface area (TPSA) is 12.0 Å². The molecule has 1 N–H and O–H groups in total. The minimum atomic E-state index is 0.655. The fourth-order valence-corrected chi connectivity index (χ4v) is 3.22. The van der Waals surface area contributed by atoms with Crippen LogP contribution in [-0.4, -0.2) is 6.04 Å². The van der Waals surface area contributed by atoms with Crippen LogP contribution < -0.4 is 5.32 Å². The van der Waals surface area contributed by atoms with Gasteiger partial charge >= 0.3 is 0 Å². The maximum atomic E-state index is 3.71. The Morgan fingerprint density at radius 1 is 1.11 bits per heavy atom. The summed E-state index contributed by atoms with van der Waals surface area (Å²) in [6.07, 6.45) is 8.59. The molecule has 1 fully saturated rings. The first kappa shape index (κ1) is 14.3. The second-order valence-electron chi connectivity index (χ2n) is 5.55. The third-order valence-electron chi connectivity index (χ3n) is 4.15. The summed E-state index contributed by atoms with van der Waals surface area (Å²) in [5.41, 5.74) is 1.40. The molecule has 18 heavy (non-hydrogen) atoms. The van der Waals surface area contributed by atoms with Gasteiger partial charge in [-0.2, -0.15) is 0 Å². The molecule has 0 radical (unpaired) electrons. The van der Waals surface area contributed by atoms with Crippen LogP contribution in [0.15, 0.2) is 24.3 Å². The smallest absolute Gasteiger partial charge is 0.0208 e. The number of hydrogen-bond donors (Lipinski definition) is 1. The molecule has 1 aliphatic rings. The van der Waals surface area contributed by atoms with Crippen molar-refractivity contribution in [3.8, 4) is 0 Å². The van der Waals surface area contributed by atoms with Crippen LogP contribution in [0, 0.1) is 9.49 Å². The number of hydrogen-bond acceptors (Lipinski definition) is 1. The molecule has 1 nitrogen and oxygen atoms in total. The lowest BCUT2D eigenvalue weighted by molar-refractivity contribution is 0.336. The van der Waals surface area contributed by atoms with E-state index < -0.39 is 0 Å². The highest BCUT2D eigenvalue weighted by atomic mass is 127. The molecular weight excluding hydrogens is 333 g/mol. The molecule has 1 aromatic rings. The maximum absolute atomic E-state index is 3.71. The minimum absolute atomic E-state index is 0.655. The van der Waals surface area contributed by atoms with Gasteiger partial charge in [0.25, 0.3) is 0 Å². The van der Waals surface area contributed by atoms with E-state index in [9.17, 15) is 0 Å². The Bertz CT molecular complexity index is 339. The third-order valence-corrected chi connectivity index (χ3v) is 4.87. The van der Waals surface area contributed by atoms with Crippen molar-refractivity contribution < 1.29 is 0 Å². The normalized spacial score (nSPS) is 19.4. The zero-order valence-electron chi connectivity index (χ0n) is 11.3. The molecule has 1 aliphatic carbocycles. The van der Waals surface area contributed by atoms with E-state index in [2.05, 4.69) is 59.1 Å². The first-order chi connectivity index (χ1) is 8.75. The van der Waals surface area contributed by atoms with Gasteiger partial charge in [0.1, 0.15) is 0 Å². The van der Waals surface area contributed by atoms with E-state index in [4.69, 9.17) is 0 Å². The average molecular weight is 357 g/mol. The van der Waals surface area contributed by atoms with Crippen LogP contribution in [0.2, 0.25) is 0 Å². The SMILES string of the molecule is C[C@@H](NCc1ccc(I)cc1)C1CCCCCC1. The van der Waals surface area contributed by atoms with Gasteiger partial charge in [-0.3, -0.25) is 0 Å². The molecule has 0 unspecified atom stereocenters. The highest BCUT2D eigenvalue weighted by molar-refractivity contribution is 14.1. The van der Waals surface area contributed by atoms with Crippen molar-refractivity contribution in [3.05, 3.63) is 33.4 Å². The predicted octanol–water partition coefficient (Wildman–Crippen LogP) is 4.74. The van der Waals surface area contributed by atoms with Gasteiger partial charge in [-0.25, -0.2) is 0 Å². The summed E-state index contributed by atoms with van der Waals surface area (Å²) in [5.74, 6) is 0.886. The zero-order chi connectivity index (χ0) is 12.8. The van der Waals surface area contributed by atoms with E-state index in [1.807, 2.05) is 0 Å². The number of rotatable bonds is 4. The Hall–Kier alpha value is -0.0900. The lowest BCUT2D eigenvalue weighted by atomic mass is 9.93. The highest BCUT2D eigenvalue weighted by Crippen LogP contribution is 2.25. The van der Waals surface area contributed by atoms with Crippen molar-refractivity contribution >= 4 is 22.6 Å². The van der Waals surface area contributed by atoms with Gasteiger partial charge in [-0.05, 0) is 66.0 Å². The van der Waals surface area contributed by atoms with Gasteiger partial charge in [0.05, 0.1) is 0 Å². The summed E-state index contributed by atoms with van der Waals surface area (Å²) in [4.78, 5) is 0. The van der Waals surface area contributed by atoms with Crippen molar-refractivity contribution in [1.29, 1.82) is 0 Å². The Morgan fingerprint density at radius 3 is 2.33 bits per heavy atom. The van der Waals surface area contributed by atoms with Crippen LogP contribution in [0.5, 0.6) is 0 Å². The van der Waals surface area contributed by atoms with Crippen molar-refractivity contribution in [1.82, 2.24) is 5.32 Å². The van der Waals surface area contributed by atoms with Crippen LogP contribution in [0.25, 0.3) is 0 Å². The molecule has 0 saturated heterocycles. The first-order valence-electron chi connectivity index (χ1n) is 7.23. The molecular formula is C16H24IN. The van der Waals surface area contributed by atoms with Gasteiger partial charge in [0.15, 0.2) is 0 Å². The Morgan fingerprint density at radius 2 is 1.72 bits per heavy atom. The van der Waals surface area contributed by atoms with E-state index >= 15 is 0 Å². The molecule has 1 atom stereocenters. The molecule has 1 saturated carbocycles. The second kappa shape index (κ2) is 7.49. The van der Waals surface area contributed by atoms with Gasteiger partial charge in [0, 0.05) is 16.2 Å². The number of halogens is 1. The molecule has 0 bridgehead atoms. The van der Waals surface area contributed by atoms with Gasteiger partial charge in [-0.15, -0.1) is 0 Å². The van der Waals surface area contributed by atoms with Crippen molar-refractivity contribution in [2.24, 2.45) is 5.92 Å². The monoisotopic (exact) mass is 357 g/mol. The van der Waals surface area contributed by atoms with E-state index in [1.54, 1.807) is 0 Å². The van der Waals surface area contributed by atoms with Crippen molar-refractivity contribution in [3.63, 3.8) is 0 Å². The Labute approximate surface area is 125 Å². The predicted molar refractivity (Wildman–Crippen MR) is 86.7 cm³/mol. The van der Waals surface area contributed by atoms with Gasteiger partial charge in [-0.1, -0.05) is 37.8 Å². The molecule has 2 heteroatoms. The van der Waals surface area contributed by atoms with Crippen molar-refractivity contribution in [2.45, 2.75) is 58.0 Å². The van der Waals surface area contributed by atoms with E-state index in [0.29, 0.717) is 6.04 Å². The second-order valence-corrected chi connectivity index (χ2v) is 6.79. The molecule has 0 amide bonds. The molecule has 0 aliphatic heterocycles. The lowest BCUT2D eigenvalue weighted by Crippen LogP contribution is -2.32. The quantitative estimate of drug-likeness (QED) is 0.606. The van der Waals surface area contributed by atoms with E-state index in [1.165, 1.54) is 47.7 Å². The lowest BCUT2D eigenvalue weighted by Gasteiger charge is -2.23. The van der Waals surface area contributed by atoms with Gasteiger partial charge < -0.3 is 5.32 Å². The summed E-state index contributed by atoms with van der Waals surface area (Å²) in [5, 5.41) is 3.71. The fraction of sp³-hybridized carbons (Fsp3) is 0.625. The fourth-order valence-electron chi connectivity index (χ4n) is 2.86. The molecule has 100 valence electrons. The summed E-state index contributed by atoms with van der Waals surface area (Å²) < 4.78 is 1.31. The molecule has 0 heterocycles. The van der Waals surface area contributed by atoms with Crippen LogP contribution in [0.4, 0.5) is 0 Å². The van der Waals surface area contributed by atoms with Crippen LogP contribution >= 0.6 is 22.6 Å². The Balaban J connectivity index is 1.79. The van der Waals surface area contributed by atoms with Crippen LogP contribution in [0.3, 0.4) is 0 Å². The minimum Gasteiger partial charge on any atom is -0.310 e. The molecule has 1 aromatic carbocycles. The van der Waals surface area contributed by atoms with Crippen LogP contribution in [0.1, 0.15) is 51.0 Å². The highest BCUT2D eigenvalue weighted by Gasteiger charge is 2.18. The molecule has 0 spiro atoms. The largest absolute Gasteiger partial charge is 0.310 e. The number of nitrogens with one attached hydrogen (secondary N) is 1. The summed E-state index contributed by atoms with van der Waals surface area (Å²) in [6, 6.07) is 9.49. The maximum Gasteiger partial charge on any atom is 0.0208 e. The first-order valence-corrected chi connectivity index (χ1v) is 8.31. The molecule has 2 rings (SSSR count). The van der Waals surface area contributed by atoms with Crippen molar-refractivity contribution in [2.75, 3.05) is 0 Å². The average Bonchev–Trinajstić information content (AvgIpc) is 2.66. The van der Waals surface area contributed by atoms with E-state index in [0.717, 1.165) is 12.5 Å². The summed E-state index contributed by atoms with van der Waals surface area (Å²) in [7, 11) is 0. The molecule has 0 aromatic heterocycles. The third kappa shape index (κ3) is 4.54.